The average molecular weight is 431 g/mol. The van der Waals surface area contributed by atoms with Crippen LogP contribution in [0.5, 0.6) is 0 Å². The van der Waals surface area contributed by atoms with Crippen molar-refractivity contribution in [2.75, 3.05) is 11.9 Å². The van der Waals surface area contributed by atoms with E-state index in [0.29, 0.717) is 18.5 Å². The number of carbonyl (C=O) groups excluding carboxylic acids is 2. The molecule has 9 nitrogen and oxygen atoms in total. The molecule has 32 heavy (non-hydrogen) atoms. The van der Waals surface area contributed by atoms with E-state index in [9.17, 15) is 19.2 Å². The smallest absolute Gasteiger partial charge is 0.328 e. The van der Waals surface area contributed by atoms with Crippen molar-refractivity contribution in [1.29, 1.82) is 0 Å². The Morgan fingerprint density at radius 1 is 1.19 bits per heavy atom. The van der Waals surface area contributed by atoms with Crippen LogP contribution in [0.1, 0.15) is 29.2 Å². The summed E-state index contributed by atoms with van der Waals surface area (Å²) in [6, 6.07) is 10.6. The lowest BCUT2D eigenvalue weighted by molar-refractivity contribution is -0.134. The molecule has 0 bridgehead atoms. The molecule has 3 aromatic rings. The summed E-state index contributed by atoms with van der Waals surface area (Å²) in [7, 11) is 0. The number of nitrogens with one attached hydrogen (secondary N) is 2. The summed E-state index contributed by atoms with van der Waals surface area (Å²) < 4.78 is 1.19. The monoisotopic (exact) mass is 431 g/mol. The number of aromatic amines is 1. The van der Waals surface area contributed by atoms with E-state index in [1.165, 1.54) is 10.8 Å². The normalized spacial score (nSPS) is 21.6. The Bertz CT molecular complexity index is 1350. The van der Waals surface area contributed by atoms with Crippen molar-refractivity contribution in [2.24, 2.45) is 0 Å². The highest BCUT2D eigenvalue weighted by Gasteiger charge is 2.59. The predicted octanol–water partition coefficient (Wildman–Crippen LogP) is 1.10. The summed E-state index contributed by atoms with van der Waals surface area (Å²) in [5, 5.41) is 2.97. The second kappa shape index (κ2) is 7.30. The molecule has 2 aliphatic rings. The number of aromatic nitrogens is 3. The molecule has 2 aromatic heterocycles. The third-order valence-electron chi connectivity index (χ3n) is 6.40. The summed E-state index contributed by atoms with van der Waals surface area (Å²) >= 11 is 0. The fourth-order valence-corrected chi connectivity index (χ4v) is 4.93. The molecule has 1 saturated heterocycles. The minimum absolute atomic E-state index is 0.153. The number of rotatable bonds is 3. The number of pyridine rings is 1. The van der Waals surface area contributed by atoms with E-state index < -0.39 is 22.7 Å². The van der Waals surface area contributed by atoms with Gasteiger partial charge in [-0.25, -0.2) is 4.79 Å². The molecule has 5 rings (SSSR count). The quantitative estimate of drug-likeness (QED) is 0.644. The van der Waals surface area contributed by atoms with E-state index >= 15 is 0 Å². The first-order chi connectivity index (χ1) is 15.4. The fraction of sp³-hybridized carbons (Fsp3) is 0.261. The molecule has 2 amide bonds. The van der Waals surface area contributed by atoms with Crippen molar-refractivity contribution in [3.05, 3.63) is 92.5 Å². The van der Waals surface area contributed by atoms with Crippen molar-refractivity contribution in [3.8, 4) is 0 Å². The third kappa shape index (κ3) is 2.89. The molecule has 0 aliphatic carbocycles. The molecule has 2 atom stereocenters. The van der Waals surface area contributed by atoms with Crippen molar-refractivity contribution in [3.63, 3.8) is 0 Å². The van der Waals surface area contributed by atoms with Crippen LogP contribution in [0.25, 0.3) is 0 Å². The van der Waals surface area contributed by atoms with E-state index in [2.05, 4.69) is 15.3 Å². The number of anilines is 1. The van der Waals surface area contributed by atoms with Gasteiger partial charge in [0.25, 0.3) is 5.56 Å². The molecule has 4 heterocycles. The van der Waals surface area contributed by atoms with E-state index in [1.54, 1.807) is 30.3 Å². The average Bonchev–Trinajstić information content (AvgIpc) is 3.32. The molecule has 2 aliphatic heterocycles. The second-order valence-electron chi connectivity index (χ2n) is 8.20. The van der Waals surface area contributed by atoms with E-state index in [1.807, 2.05) is 30.3 Å². The van der Waals surface area contributed by atoms with Crippen molar-refractivity contribution >= 4 is 17.5 Å². The Labute approximate surface area is 182 Å². The molecule has 9 heteroatoms. The van der Waals surface area contributed by atoms with Crippen LogP contribution in [0.4, 0.5) is 5.69 Å². The summed E-state index contributed by atoms with van der Waals surface area (Å²) in [4.78, 5) is 58.7. The topological polar surface area (TPSA) is 117 Å². The second-order valence-corrected chi connectivity index (χ2v) is 8.20. The van der Waals surface area contributed by atoms with Crippen LogP contribution in [0, 0.1) is 6.92 Å². The Balaban J connectivity index is 1.59. The zero-order valence-electron chi connectivity index (χ0n) is 17.4. The maximum Gasteiger partial charge on any atom is 0.328 e. The Kier molecular flexibility index (Phi) is 4.54. The van der Waals surface area contributed by atoms with Crippen LogP contribution >= 0.6 is 0 Å². The number of fused-ring (bicyclic) bond motifs is 2. The van der Waals surface area contributed by atoms with Crippen molar-refractivity contribution < 1.29 is 9.59 Å². The van der Waals surface area contributed by atoms with Gasteiger partial charge in [-0.05, 0) is 36.6 Å². The fourth-order valence-electron chi connectivity index (χ4n) is 4.93. The molecule has 2 N–H and O–H groups in total. The lowest BCUT2D eigenvalue weighted by Crippen LogP contribution is -2.44. The number of benzene rings is 1. The number of hydrogen-bond acceptors (Lipinski definition) is 5. The number of likely N-dealkylation sites (tertiary alicyclic amines) is 1. The number of nitrogens with zero attached hydrogens (tertiary/aromatic N) is 3. The zero-order chi connectivity index (χ0) is 22.5. The van der Waals surface area contributed by atoms with Gasteiger partial charge in [0.1, 0.15) is 12.0 Å². The minimum atomic E-state index is -0.943. The minimum Gasteiger partial charge on any atom is -0.333 e. The largest absolute Gasteiger partial charge is 0.333 e. The van der Waals surface area contributed by atoms with Crippen LogP contribution in [-0.2, 0) is 21.5 Å². The van der Waals surface area contributed by atoms with Gasteiger partial charge < -0.3 is 10.2 Å². The Morgan fingerprint density at radius 2 is 2.00 bits per heavy atom. The van der Waals surface area contributed by atoms with Gasteiger partial charge in [0, 0.05) is 36.4 Å². The Morgan fingerprint density at radius 3 is 2.78 bits per heavy atom. The van der Waals surface area contributed by atoms with Gasteiger partial charge in [-0.3, -0.25) is 28.9 Å². The van der Waals surface area contributed by atoms with Crippen molar-refractivity contribution in [2.45, 2.75) is 31.3 Å². The zero-order valence-corrected chi connectivity index (χ0v) is 17.4. The molecule has 1 spiro atoms. The van der Waals surface area contributed by atoms with Gasteiger partial charge in [-0.2, -0.15) is 0 Å². The first-order valence-electron chi connectivity index (χ1n) is 10.3. The summed E-state index contributed by atoms with van der Waals surface area (Å²) in [5.74, 6) is -0.471. The molecule has 162 valence electrons. The summed E-state index contributed by atoms with van der Waals surface area (Å²) in [5.41, 5.74) is 0.607. The van der Waals surface area contributed by atoms with Gasteiger partial charge in [0.15, 0.2) is 0 Å². The van der Waals surface area contributed by atoms with Gasteiger partial charge >= 0.3 is 5.69 Å². The van der Waals surface area contributed by atoms with Crippen LogP contribution < -0.4 is 16.6 Å². The molecular formula is C23H21N5O4. The molecule has 0 saturated carbocycles. The number of para-hydroxylation sites is 1. The number of hydrogen-bond donors (Lipinski definition) is 2. The van der Waals surface area contributed by atoms with E-state index in [4.69, 9.17) is 0 Å². The first kappa shape index (κ1) is 19.9. The van der Waals surface area contributed by atoms with Gasteiger partial charge in [-0.1, -0.05) is 24.3 Å². The number of H-pyrrole nitrogens is 1. The summed E-state index contributed by atoms with van der Waals surface area (Å²) in [6.07, 6.45) is 5.13. The predicted molar refractivity (Wildman–Crippen MR) is 116 cm³/mol. The molecule has 2 unspecified atom stereocenters. The SMILES string of the molecule is Cc1cn(CC(=O)N2CCC3(C(=O)Nc4ccccc43)C2c2cccnc2)c(=O)[nH]c1=O. The molecule has 1 fully saturated rings. The van der Waals surface area contributed by atoms with E-state index in [-0.39, 0.29) is 18.4 Å². The van der Waals surface area contributed by atoms with Crippen molar-refractivity contribution in [1.82, 2.24) is 19.4 Å². The maximum atomic E-state index is 13.4. The van der Waals surface area contributed by atoms with Crippen LogP contribution in [-0.4, -0.2) is 37.8 Å². The van der Waals surface area contributed by atoms with Crippen LogP contribution in [0.3, 0.4) is 0 Å². The van der Waals surface area contributed by atoms with Gasteiger partial charge in [0.05, 0.1) is 6.04 Å². The lowest BCUT2D eigenvalue weighted by atomic mass is 9.73. The van der Waals surface area contributed by atoms with Gasteiger partial charge in [-0.15, -0.1) is 0 Å². The molecular weight excluding hydrogens is 410 g/mol. The highest BCUT2D eigenvalue weighted by molar-refractivity contribution is 6.07. The highest BCUT2D eigenvalue weighted by Crippen LogP contribution is 2.54. The molecule has 1 aromatic carbocycles. The lowest BCUT2D eigenvalue weighted by Gasteiger charge is -2.34. The van der Waals surface area contributed by atoms with Crippen LogP contribution in [0.2, 0.25) is 0 Å². The molecule has 0 radical (unpaired) electrons. The summed E-state index contributed by atoms with van der Waals surface area (Å²) in [6.45, 7) is 1.67. The number of amides is 2. The van der Waals surface area contributed by atoms with E-state index in [0.717, 1.165) is 16.8 Å². The Hall–Kier alpha value is -4.01. The maximum absolute atomic E-state index is 13.4. The highest BCUT2D eigenvalue weighted by atomic mass is 16.2. The number of aryl methyl sites for hydroxylation is 1. The number of carbonyl (C=O) groups is 2. The van der Waals surface area contributed by atoms with Crippen LogP contribution in [0.15, 0.2) is 64.6 Å². The van der Waals surface area contributed by atoms with Gasteiger partial charge in [0.2, 0.25) is 11.8 Å². The third-order valence-corrected chi connectivity index (χ3v) is 6.40. The first-order valence-corrected chi connectivity index (χ1v) is 10.3. The standard InChI is InChI=1S/C23H21N5O4/c1-14-12-27(22(32)26-20(14)30)13-18(29)28-10-8-23(19(28)15-5-4-9-24-11-15)16-6-2-3-7-17(16)25-21(23)31/h2-7,9,11-12,19H,8,10,13H2,1H3,(H,25,31)(H,26,30,32).